The van der Waals surface area contributed by atoms with Gasteiger partial charge >= 0.3 is 0 Å². The van der Waals surface area contributed by atoms with Gasteiger partial charge in [0, 0.05) is 49.4 Å². The Kier molecular flexibility index (Phi) is 7.43. The molecule has 4 nitrogen and oxygen atoms in total. The van der Waals surface area contributed by atoms with E-state index in [1.807, 2.05) is 16.2 Å². The topological polar surface area (TPSA) is 35.6 Å². The number of hydrogen-bond donors (Lipinski definition) is 1. The van der Waals surface area contributed by atoms with Gasteiger partial charge in [0.1, 0.15) is 0 Å². The van der Waals surface area contributed by atoms with Crippen molar-refractivity contribution in [3.63, 3.8) is 0 Å². The summed E-state index contributed by atoms with van der Waals surface area (Å²) in [5, 5.41) is 3.39. The summed E-state index contributed by atoms with van der Waals surface area (Å²) in [4.78, 5) is 15.3. The number of carbonyl (C=O) groups is 1. The highest BCUT2D eigenvalue weighted by atomic mass is 35.5. The first kappa shape index (κ1) is 21.2. The SMILES string of the molecule is Cl.Cl.O=C(C1CSC23CC=CC=C2N(Cl)CCC13)N1CCCNCC1. The Morgan fingerprint density at radius 1 is 1.28 bits per heavy atom. The van der Waals surface area contributed by atoms with E-state index in [1.54, 1.807) is 0 Å². The van der Waals surface area contributed by atoms with Crippen molar-refractivity contribution in [2.24, 2.45) is 11.8 Å². The van der Waals surface area contributed by atoms with Crippen LogP contribution < -0.4 is 5.32 Å². The van der Waals surface area contributed by atoms with E-state index >= 15 is 0 Å². The van der Waals surface area contributed by atoms with Crippen molar-refractivity contribution in [2.45, 2.75) is 24.0 Å². The molecule has 0 radical (unpaired) electrons. The van der Waals surface area contributed by atoms with Crippen LogP contribution in [0.15, 0.2) is 23.9 Å². The fourth-order valence-electron chi connectivity index (χ4n) is 4.55. The Morgan fingerprint density at radius 3 is 2.96 bits per heavy atom. The van der Waals surface area contributed by atoms with Crippen LogP contribution in [0.3, 0.4) is 0 Å². The van der Waals surface area contributed by atoms with E-state index in [1.165, 1.54) is 5.70 Å². The van der Waals surface area contributed by atoms with Crippen LogP contribution in [0, 0.1) is 11.8 Å². The number of carbonyl (C=O) groups excluding carboxylic acids is 1. The van der Waals surface area contributed by atoms with E-state index in [4.69, 9.17) is 11.8 Å². The molecule has 8 heteroatoms. The summed E-state index contributed by atoms with van der Waals surface area (Å²) in [6, 6.07) is 0. The lowest BCUT2D eigenvalue weighted by Crippen LogP contribution is -2.49. The number of halogens is 3. The third kappa shape index (κ3) is 3.68. The molecule has 3 aliphatic heterocycles. The summed E-state index contributed by atoms with van der Waals surface area (Å²) in [6.45, 7) is 4.54. The number of thioether (sulfide) groups is 1. The minimum absolute atomic E-state index is 0. The number of piperidine rings is 1. The van der Waals surface area contributed by atoms with E-state index < -0.39 is 0 Å². The number of hydrogen-bond acceptors (Lipinski definition) is 4. The lowest BCUT2D eigenvalue weighted by Gasteiger charge is -2.46. The highest BCUT2D eigenvalue weighted by Gasteiger charge is 2.57. The maximum atomic E-state index is 13.2. The van der Waals surface area contributed by atoms with Gasteiger partial charge in [-0.3, -0.25) is 9.21 Å². The first-order valence-corrected chi connectivity index (χ1v) is 9.99. The Labute approximate surface area is 171 Å². The van der Waals surface area contributed by atoms with Crippen LogP contribution in [0.5, 0.6) is 0 Å². The zero-order valence-corrected chi connectivity index (χ0v) is 17.4. The summed E-state index contributed by atoms with van der Waals surface area (Å²) >= 11 is 8.42. The van der Waals surface area contributed by atoms with Crippen molar-refractivity contribution in [3.8, 4) is 0 Å². The largest absolute Gasteiger partial charge is 0.341 e. The second-order valence-corrected chi connectivity index (χ2v) is 8.66. The Hall–Kier alpha value is -0.0700. The fourth-order valence-corrected chi connectivity index (χ4v) is 6.79. The smallest absolute Gasteiger partial charge is 0.226 e. The molecule has 1 aliphatic carbocycles. The van der Waals surface area contributed by atoms with Crippen molar-refractivity contribution >= 4 is 54.3 Å². The van der Waals surface area contributed by atoms with Gasteiger partial charge < -0.3 is 10.2 Å². The summed E-state index contributed by atoms with van der Waals surface area (Å²) in [5.74, 6) is 1.88. The average molecular weight is 427 g/mol. The lowest BCUT2D eigenvalue weighted by molar-refractivity contribution is -0.136. The van der Waals surface area contributed by atoms with Gasteiger partial charge in [-0.2, -0.15) is 0 Å². The van der Waals surface area contributed by atoms with Crippen molar-refractivity contribution in [1.29, 1.82) is 0 Å². The van der Waals surface area contributed by atoms with Gasteiger partial charge in [0.25, 0.3) is 0 Å². The first-order valence-electron chi connectivity index (χ1n) is 8.66. The number of nitrogens with one attached hydrogen (secondary N) is 1. The molecule has 3 fully saturated rings. The Balaban J connectivity index is 0.00000113. The van der Waals surface area contributed by atoms with Crippen LogP contribution >= 0.6 is 48.4 Å². The van der Waals surface area contributed by atoms with Crippen LogP contribution in [-0.4, -0.2) is 58.4 Å². The number of nitrogens with zero attached hydrogens (tertiary/aromatic N) is 2. The first-order chi connectivity index (χ1) is 11.2. The highest BCUT2D eigenvalue weighted by molar-refractivity contribution is 8.01. The van der Waals surface area contributed by atoms with Gasteiger partial charge in [0.15, 0.2) is 0 Å². The number of rotatable bonds is 1. The predicted molar refractivity (Wildman–Crippen MR) is 110 cm³/mol. The van der Waals surface area contributed by atoms with Gasteiger partial charge in [-0.15, -0.1) is 36.6 Å². The van der Waals surface area contributed by atoms with E-state index in [0.717, 1.165) is 57.7 Å². The fraction of sp³-hybridized carbons (Fsp3) is 0.706. The lowest BCUT2D eigenvalue weighted by atomic mass is 9.72. The average Bonchev–Trinajstić information content (AvgIpc) is 2.75. The maximum absolute atomic E-state index is 13.2. The van der Waals surface area contributed by atoms with Crippen molar-refractivity contribution in [3.05, 3.63) is 23.9 Å². The van der Waals surface area contributed by atoms with Crippen molar-refractivity contribution < 1.29 is 4.79 Å². The molecule has 1 spiro atoms. The zero-order chi connectivity index (χ0) is 15.9. The molecule has 0 bridgehead atoms. The molecule has 1 amide bonds. The van der Waals surface area contributed by atoms with Gasteiger partial charge in [0.05, 0.1) is 10.7 Å². The summed E-state index contributed by atoms with van der Waals surface area (Å²) in [7, 11) is 0. The Bertz CT molecular complexity index is 551. The van der Waals surface area contributed by atoms with E-state index in [-0.39, 0.29) is 35.5 Å². The molecule has 0 aromatic heterocycles. The van der Waals surface area contributed by atoms with E-state index in [9.17, 15) is 4.79 Å². The molecule has 1 N–H and O–H groups in total. The molecule has 3 heterocycles. The summed E-state index contributed by atoms with van der Waals surface area (Å²) < 4.78 is 1.91. The minimum atomic E-state index is 0. The molecule has 0 saturated carbocycles. The molecule has 3 atom stereocenters. The van der Waals surface area contributed by atoms with Crippen LogP contribution in [0.2, 0.25) is 0 Å². The molecular formula is C17H26Cl3N3OS. The van der Waals surface area contributed by atoms with E-state index in [0.29, 0.717) is 11.8 Å². The number of allylic oxidation sites excluding steroid dienone is 3. The van der Waals surface area contributed by atoms with Gasteiger partial charge in [-0.25, -0.2) is 0 Å². The molecule has 0 aromatic carbocycles. The van der Waals surface area contributed by atoms with E-state index in [2.05, 4.69) is 28.4 Å². The molecule has 25 heavy (non-hydrogen) atoms. The zero-order valence-electron chi connectivity index (χ0n) is 14.2. The van der Waals surface area contributed by atoms with Gasteiger partial charge in [-0.1, -0.05) is 12.2 Å². The monoisotopic (exact) mass is 425 g/mol. The molecular weight excluding hydrogens is 401 g/mol. The number of amides is 1. The molecule has 3 saturated heterocycles. The minimum Gasteiger partial charge on any atom is -0.341 e. The van der Waals surface area contributed by atoms with Gasteiger partial charge in [0.2, 0.25) is 5.91 Å². The summed E-state index contributed by atoms with van der Waals surface area (Å²) in [6.07, 6.45) is 9.58. The van der Waals surface area contributed by atoms with Crippen LogP contribution in [0.4, 0.5) is 0 Å². The maximum Gasteiger partial charge on any atom is 0.226 e. The van der Waals surface area contributed by atoms with Crippen LogP contribution in [0.1, 0.15) is 19.3 Å². The van der Waals surface area contributed by atoms with Gasteiger partial charge in [-0.05, 0) is 37.8 Å². The highest BCUT2D eigenvalue weighted by Crippen LogP contribution is 2.58. The standard InChI is InChI=1S/C17H24ClN3OS.2ClH/c18-21-10-5-14-13(16(22)20-9-3-7-19-8-11-20)12-23-17(14)6-2-1-4-15(17)21;;/h1-2,4,13-14,19H,3,5-12H2;2*1H. The molecule has 3 unspecified atom stereocenters. The third-order valence-corrected chi connectivity index (χ3v) is 7.79. The van der Waals surface area contributed by atoms with Crippen LogP contribution in [-0.2, 0) is 4.79 Å². The van der Waals surface area contributed by atoms with Crippen molar-refractivity contribution in [1.82, 2.24) is 14.6 Å². The third-order valence-electron chi connectivity index (χ3n) is 5.72. The molecule has 0 aromatic rings. The second kappa shape index (κ2) is 8.75. The van der Waals surface area contributed by atoms with Crippen molar-refractivity contribution in [2.75, 3.05) is 38.5 Å². The Morgan fingerprint density at radius 2 is 2.12 bits per heavy atom. The second-order valence-electron chi connectivity index (χ2n) is 6.90. The molecule has 4 rings (SSSR count). The van der Waals surface area contributed by atoms with Crippen LogP contribution in [0.25, 0.3) is 0 Å². The quantitative estimate of drug-likeness (QED) is 0.654. The predicted octanol–water partition coefficient (Wildman–Crippen LogP) is 3.07. The molecule has 142 valence electrons. The normalized spacial score (nSPS) is 34.0. The molecule has 4 aliphatic rings. The summed E-state index contributed by atoms with van der Waals surface area (Å²) in [5.41, 5.74) is 1.22.